The number of imidazole rings is 1. The summed E-state index contributed by atoms with van der Waals surface area (Å²) in [7, 11) is 0. The van der Waals surface area contributed by atoms with Crippen LogP contribution in [0.2, 0.25) is 0 Å². The zero-order valence-electron chi connectivity index (χ0n) is 11.8. The minimum absolute atomic E-state index is 0.151. The zero-order valence-corrected chi connectivity index (χ0v) is 11.8. The van der Waals surface area contributed by atoms with Gasteiger partial charge in [-0.25, -0.2) is 9.13 Å². The normalized spacial score (nSPS) is 12.4. The second-order valence-electron chi connectivity index (χ2n) is 5.60. The lowest BCUT2D eigenvalue weighted by atomic mass is 9.99. The maximum Gasteiger partial charge on any atom is 0.305 e. The third-order valence-electron chi connectivity index (χ3n) is 2.42. The van der Waals surface area contributed by atoms with Crippen molar-refractivity contribution < 1.29 is 14.5 Å². The van der Waals surface area contributed by atoms with E-state index in [2.05, 4.69) is 32.9 Å². The van der Waals surface area contributed by atoms with Crippen LogP contribution in [0.4, 0.5) is 0 Å². The van der Waals surface area contributed by atoms with Gasteiger partial charge in [-0.1, -0.05) is 32.9 Å². The van der Waals surface area contributed by atoms with Gasteiger partial charge in [0.05, 0.1) is 13.2 Å². The van der Waals surface area contributed by atoms with Gasteiger partial charge in [-0.2, -0.15) is 0 Å². The minimum Gasteiger partial charge on any atom is -0.411 e. The van der Waals surface area contributed by atoms with Crippen LogP contribution in [0.25, 0.3) is 0 Å². The molecule has 0 aliphatic carbocycles. The van der Waals surface area contributed by atoms with Gasteiger partial charge in [-0.15, -0.1) is 0 Å². The monoisotopic (exact) mass is 254 g/mol. The largest absolute Gasteiger partial charge is 0.411 e. The van der Waals surface area contributed by atoms with Gasteiger partial charge >= 0.3 is 5.82 Å². The third kappa shape index (κ3) is 4.49. The van der Waals surface area contributed by atoms with E-state index in [-0.39, 0.29) is 5.41 Å². The first-order valence-electron chi connectivity index (χ1n) is 6.31. The smallest absolute Gasteiger partial charge is 0.305 e. The Bertz CT molecular complexity index is 391. The zero-order chi connectivity index (χ0) is 13.6. The molecule has 0 saturated heterocycles. The van der Waals surface area contributed by atoms with Crippen molar-refractivity contribution in [2.75, 3.05) is 6.61 Å². The molecule has 1 aromatic heterocycles. The van der Waals surface area contributed by atoms with Crippen LogP contribution in [0, 0.1) is 5.41 Å². The summed E-state index contributed by atoms with van der Waals surface area (Å²) < 4.78 is 9.64. The van der Waals surface area contributed by atoms with E-state index in [0.717, 1.165) is 18.8 Å². The van der Waals surface area contributed by atoms with Crippen LogP contribution in [-0.4, -0.2) is 22.6 Å². The lowest BCUT2D eigenvalue weighted by molar-refractivity contribution is -0.733. The van der Waals surface area contributed by atoms with Crippen LogP contribution in [0.1, 0.15) is 39.9 Å². The Balaban J connectivity index is 2.70. The number of rotatable bonds is 6. The Hall–Kier alpha value is -1.36. The van der Waals surface area contributed by atoms with E-state index in [0.29, 0.717) is 13.3 Å². The molecule has 18 heavy (non-hydrogen) atoms. The fourth-order valence-electron chi connectivity index (χ4n) is 1.67. The Morgan fingerprint density at radius 2 is 2.22 bits per heavy atom. The molecule has 0 aliphatic rings. The molecule has 0 radical (unpaired) electrons. The Labute approximate surface area is 109 Å². The van der Waals surface area contributed by atoms with Gasteiger partial charge in [0, 0.05) is 0 Å². The van der Waals surface area contributed by atoms with Gasteiger partial charge in [0.15, 0.2) is 12.9 Å². The standard InChI is InChI=1S/C13H23N3O2/c1-5-6-15-7-8-16(12(15)9-14-17)11-18-10-13(2,3)4/h7-9H,5-6,10-11H2,1-4H3/p+1. The summed E-state index contributed by atoms with van der Waals surface area (Å²) in [5, 5.41) is 11.8. The highest BCUT2D eigenvalue weighted by Crippen LogP contribution is 2.12. The van der Waals surface area contributed by atoms with E-state index in [1.807, 2.05) is 21.5 Å². The molecule has 1 rings (SSSR count). The summed E-state index contributed by atoms with van der Waals surface area (Å²) in [5.74, 6) is 0.841. The molecule has 0 aliphatic heterocycles. The van der Waals surface area contributed by atoms with Crippen molar-refractivity contribution >= 4 is 6.21 Å². The topological polar surface area (TPSA) is 50.6 Å². The quantitative estimate of drug-likeness (QED) is 0.365. The van der Waals surface area contributed by atoms with Crippen molar-refractivity contribution in [2.24, 2.45) is 10.6 Å². The first-order valence-corrected chi connectivity index (χ1v) is 6.31. The molecule has 0 spiro atoms. The molecule has 1 aromatic rings. The molecular formula is C13H24N3O2+. The molecule has 0 atom stereocenters. The number of nitrogens with zero attached hydrogens (tertiary/aromatic N) is 3. The van der Waals surface area contributed by atoms with Crippen LogP contribution in [0.15, 0.2) is 17.5 Å². The van der Waals surface area contributed by atoms with Crippen LogP contribution in [0.3, 0.4) is 0 Å². The number of oxime groups is 1. The summed E-state index contributed by atoms with van der Waals surface area (Å²) in [6, 6.07) is 0. The molecule has 0 unspecified atom stereocenters. The van der Waals surface area contributed by atoms with E-state index in [9.17, 15) is 0 Å². The second kappa shape index (κ2) is 6.54. The molecule has 0 aromatic carbocycles. The lowest BCUT2D eigenvalue weighted by Crippen LogP contribution is -2.39. The van der Waals surface area contributed by atoms with E-state index >= 15 is 0 Å². The number of hydrogen-bond donors (Lipinski definition) is 1. The summed E-state index contributed by atoms with van der Waals surface area (Å²) in [4.78, 5) is 0. The van der Waals surface area contributed by atoms with E-state index in [4.69, 9.17) is 9.94 Å². The van der Waals surface area contributed by atoms with Crippen LogP contribution >= 0.6 is 0 Å². The molecule has 5 heteroatoms. The fraction of sp³-hybridized carbons (Fsp3) is 0.692. The number of hydrogen-bond acceptors (Lipinski definition) is 3. The number of ether oxygens (including phenoxy) is 1. The van der Waals surface area contributed by atoms with Gasteiger partial charge in [-0.3, -0.25) is 0 Å². The highest BCUT2D eigenvalue weighted by Gasteiger charge is 2.16. The lowest BCUT2D eigenvalue weighted by Gasteiger charge is -2.17. The van der Waals surface area contributed by atoms with Gasteiger partial charge in [0.2, 0.25) is 0 Å². The van der Waals surface area contributed by atoms with Crippen LogP contribution < -0.4 is 4.57 Å². The van der Waals surface area contributed by atoms with Crippen LogP contribution in [0.5, 0.6) is 0 Å². The molecule has 0 fully saturated rings. The number of aromatic nitrogens is 2. The summed E-state index contributed by atoms with van der Waals surface area (Å²) in [6.45, 7) is 10.6. The van der Waals surface area contributed by atoms with Gasteiger partial charge in [-0.05, 0) is 11.8 Å². The van der Waals surface area contributed by atoms with Gasteiger partial charge < -0.3 is 9.94 Å². The van der Waals surface area contributed by atoms with Crippen molar-refractivity contribution in [1.29, 1.82) is 0 Å². The van der Waals surface area contributed by atoms with Crippen molar-refractivity contribution in [2.45, 2.75) is 47.4 Å². The maximum absolute atomic E-state index is 8.71. The van der Waals surface area contributed by atoms with Crippen LogP contribution in [-0.2, 0) is 18.0 Å². The molecule has 102 valence electrons. The minimum atomic E-state index is 0.151. The highest BCUT2D eigenvalue weighted by molar-refractivity contribution is 5.72. The van der Waals surface area contributed by atoms with Crippen molar-refractivity contribution in [1.82, 2.24) is 4.57 Å². The summed E-state index contributed by atoms with van der Waals surface area (Å²) >= 11 is 0. The summed E-state index contributed by atoms with van der Waals surface area (Å²) in [6.07, 6.45) is 6.39. The molecule has 0 saturated carbocycles. The van der Waals surface area contributed by atoms with E-state index in [1.54, 1.807) is 0 Å². The van der Waals surface area contributed by atoms with Crippen molar-refractivity contribution in [3.8, 4) is 0 Å². The highest BCUT2D eigenvalue weighted by atomic mass is 16.5. The van der Waals surface area contributed by atoms with Crippen molar-refractivity contribution in [3.05, 3.63) is 18.2 Å². The maximum atomic E-state index is 8.71. The Kier molecular flexibility index (Phi) is 5.34. The number of aryl methyl sites for hydroxylation is 1. The second-order valence-corrected chi connectivity index (χ2v) is 5.60. The predicted molar refractivity (Wildman–Crippen MR) is 69.7 cm³/mol. The van der Waals surface area contributed by atoms with Gasteiger partial charge in [0.1, 0.15) is 12.4 Å². The molecule has 0 amide bonds. The molecule has 0 bridgehead atoms. The SMILES string of the molecule is CCCn1cc[n+](COCC(C)(C)C)c1C=NO. The first kappa shape index (κ1) is 14.7. The third-order valence-corrected chi connectivity index (χ3v) is 2.42. The average molecular weight is 254 g/mol. The predicted octanol–water partition coefficient (Wildman–Crippen LogP) is 2.01. The van der Waals surface area contributed by atoms with Gasteiger partial charge in [0.25, 0.3) is 0 Å². The molecular weight excluding hydrogens is 230 g/mol. The van der Waals surface area contributed by atoms with Crippen molar-refractivity contribution in [3.63, 3.8) is 0 Å². The Morgan fingerprint density at radius 3 is 2.78 bits per heavy atom. The van der Waals surface area contributed by atoms with E-state index < -0.39 is 0 Å². The molecule has 5 nitrogen and oxygen atoms in total. The Morgan fingerprint density at radius 1 is 1.50 bits per heavy atom. The average Bonchev–Trinajstić information content (AvgIpc) is 2.62. The fourth-order valence-corrected chi connectivity index (χ4v) is 1.67. The van der Waals surface area contributed by atoms with E-state index in [1.165, 1.54) is 6.21 Å². The summed E-state index contributed by atoms with van der Waals surface area (Å²) in [5.41, 5.74) is 0.151. The first-order chi connectivity index (χ1) is 8.48. The molecule has 1 N–H and O–H groups in total. The molecule has 1 heterocycles.